The zero-order chi connectivity index (χ0) is 15.8. The van der Waals surface area contributed by atoms with E-state index in [1.165, 1.54) is 6.42 Å². The van der Waals surface area contributed by atoms with Gasteiger partial charge in [0.25, 0.3) is 0 Å². The van der Waals surface area contributed by atoms with E-state index < -0.39 is 12.0 Å². The monoisotopic (exact) mass is 300 g/mol. The number of hydrogen-bond acceptors (Lipinski definition) is 3. The lowest BCUT2D eigenvalue weighted by Crippen LogP contribution is -2.52. The van der Waals surface area contributed by atoms with Gasteiger partial charge in [-0.1, -0.05) is 33.1 Å². The van der Waals surface area contributed by atoms with Crippen LogP contribution in [0.2, 0.25) is 0 Å². The molecule has 1 aliphatic carbocycles. The molecule has 1 fully saturated rings. The first kappa shape index (κ1) is 17.8. The quantitative estimate of drug-likeness (QED) is 0.669. The SMILES string of the molecule is CC(C)CC(NC(=O)N(CCO)C1CCCCC1)C(=O)O. The number of amides is 2. The van der Waals surface area contributed by atoms with E-state index >= 15 is 0 Å². The molecule has 0 aromatic heterocycles. The number of hydrogen-bond donors (Lipinski definition) is 3. The summed E-state index contributed by atoms with van der Waals surface area (Å²) in [7, 11) is 0. The largest absolute Gasteiger partial charge is 0.480 e. The third kappa shape index (κ3) is 5.91. The van der Waals surface area contributed by atoms with Gasteiger partial charge in [-0.25, -0.2) is 9.59 Å². The summed E-state index contributed by atoms with van der Waals surface area (Å²) in [5.41, 5.74) is 0. The molecule has 0 spiro atoms. The Balaban J connectivity index is 2.67. The number of rotatable bonds is 7. The van der Waals surface area contributed by atoms with Crippen molar-refractivity contribution in [1.29, 1.82) is 0 Å². The van der Waals surface area contributed by atoms with Gasteiger partial charge in [0.05, 0.1) is 6.61 Å². The molecule has 1 aliphatic rings. The minimum atomic E-state index is -1.01. The molecule has 0 aromatic carbocycles. The van der Waals surface area contributed by atoms with E-state index in [1.54, 1.807) is 4.90 Å². The highest BCUT2D eigenvalue weighted by atomic mass is 16.4. The Morgan fingerprint density at radius 1 is 1.24 bits per heavy atom. The van der Waals surface area contributed by atoms with Crippen molar-refractivity contribution in [1.82, 2.24) is 10.2 Å². The maximum Gasteiger partial charge on any atom is 0.326 e. The third-order valence-electron chi connectivity index (χ3n) is 3.92. The van der Waals surface area contributed by atoms with Crippen molar-refractivity contribution < 1.29 is 19.8 Å². The zero-order valence-corrected chi connectivity index (χ0v) is 13.0. The van der Waals surface area contributed by atoms with Crippen LogP contribution in [-0.2, 0) is 4.79 Å². The van der Waals surface area contributed by atoms with Crippen molar-refractivity contribution in [3.63, 3.8) is 0 Å². The summed E-state index contributed by atoms with van der Waals surface area (Å²) in [6, 6.07) is -1.13. The minimum absolute atomic E-state index is 0.105. The number of carboxylic acids is 1. The van der Waals surface area contributed by atoms with Crippen molar-refractivity contribution >= 4 is 12.0 Å². The normalized spacial score (nSPS) is 17.5. The first-order valence-electron chi connectivity index (χ1n) is 7.86. The summed E-state index contributed by atoms with van der Waals surface area (Å²) < 4.78 is 0. The summed E-state index contributed by atoms with van der Waals surface area (Å²) in [6.45, 7) is 4.00. The topological polar surface area (TPSA) is 89.9 Å². The minimum Gasteiger partial charge on any atom is -0.480 e. The molecule has 21 heavy (non-hydrogen) atoms. The van der Waals surface area contributed by atoms with Crippen LogP contribution in [0.1, 0.15) is 52.4 Å². The molecule has 0 aliphatic heterocycles. The van der Waals surface area contributed by atoms with Crippen molar-refractivity contribution in [2.24, 2.45) is 5.92 Å². The van der Waals surface area contributed by atoms with Crippen LogP contribution in [0.5, 0.6) is 0 Å². The van der Waals surface area contributed by atoms with Gasteiger partial charge in [0, 0.05) is 12.6 Å². The second kappa shape index (κ2) is 8.87. The first-order chi connectivity index (χ1) is 9.95. The average molecular weight is 300 g/mol. The molecule has 2 amide bonds. The van der Waals surface area contributed by atoms with Gasteiger partial charge in [0.15, 0.2) is 0 Å². The van der Waals surface area contributed by atoms with E-state index in [9.17, 15) is 14.7 Å². The fourth-order valence-corrected chi connectivity index (χ4v) is 2.88. The molecule has 1 unspecified atom stereocenters. The standard InChI is InChI=1S/C15H28N2O4/c1-11(2)10-13(14(19)20)16-15(21)17(8-9-18)12-6-4-3-5-7-12/h11-13,18H,3-10H2,1-2H3,(H,16,21)(H,19,20). The van der Waals surface area contributed by atoms with Gasteiger partial charge in [-0.2, -0.15) is 0 Å². The third-order valence-corrected chi connectivity index (χ3v) is 3.92. The summed E-state index contributed by atoms with van der Waals surface area (Å²) in [4.78, 5) is 25.2. The number of carboxylic acid groups (broad SMARTS) is 1. The lowest BCUT2D eigenvalue weighted by atomic mass is 9.94. The number of aliphatic carboxylic acids is 1. The van der Waals surface area contributed by atoms with Gasteiger partial charge in [-0.3, -0.25) is 0 Å². The number of aliphatic hydroxyl groups excluding tert-OH is 1. The van der Waals surface area contributed by atoms with Crippen LogP contribution in [0.15, 0.2) is 0 Å². The van der Waals surface area contributed by atoms with E-state index in [0.717, 1.165) is 25.7 Å². The first-order valence-corrected chi connectivity index (χ1v) is 7.86. The van der Waals surface area contributed by atoms with Crippen LogP contribution in [-0.4, -0.2) is 52.3 Å². The molecule has 0 saturated heterocycles. The van der Waals surface area contributed by atoms with Crippen molar-refractivity contribution in [2.45, 2.75) is 64.5 Å². The molecule has 0 radical (unpaired) electrons. The highest BCUT2D eigenvalue weighted by Crippen LogP contribution is 2.22. The van der Waals surface area contributed by atoms with E-state index in [-0.39, 0.29) is 31.1 Å². The summed E-state index contributed by atoms with van der Waals surface area (Å²) in [5, 5.41) is 21.0. The van der Waals surface area contributed by atoms with E-state index in [0.29, 0.717) is 6.42 Å². The summed E-state index contributed by atoms with van der Waals surface area (Å²) in [5.74, 6) is -0.822. The van der Waals surface area contributed by atoms with Crippen LogP contribution in [0.3, 0.4) is 0 Å². The Morgan fingerprint density at radius 2 is 1.86 bits per heavy atom. The van der Waals surface area contributed by atoms with Gasteiger partial charge in [0.1, 0.15) is 6.04 Å². The molecule has 6 heteroatoms. The van der Waals surface area contributed by atoms with Crippen molar-refractivity contribution in [3.05, 3.63) is 0 Å². The van der Waals surface area contributed by atoms with Crippen LogP contribution in [0.25, 0.3) is 0 Å². The molecule has 1 atom stereocenters. The fraction of sp³-hybridized carbons (Fsp3) is 0.867. The number of carbonyl (C=O) groups excluding carboxylic acids is 1. The van der Waals surface area contributed by atoms with E-state index in [1.807, 2.05) is 13.8 Å². The van der Waals surface area contributed by atoms with Crippen LogP contribution in [0, 0.1) is 5.92 Å². The molecule has 0 aromatic rings. The van der Waals surface area contributed by atoms with E-state index in [2.05, 4.69) is 5.32 Å². The smallest absolute Gasteiger partial charge is 0.326 e. The highest BCUT2D eigenvalue weighted by Gasteiger charge is 2.28. The Hall–Kier alpha value is -1.30. The molecule has 1 saturated carbocycles. The summed E-state index contributed by atoms with van der Waals surface area (Å²) in [6.07, 6.45) is 5.59. The number of carbonyl (C=O) groups is 2. The predicted octanol–water partition coefficient (Wildman–Crippen LogP) is 1.82. The zero-order valence-electron chi connectivity index (χ0n) is 13.0. The molecule has 1 rings (SSSR count). The second-order valence-corrected chi connectivity index (χ2v) is 6.18. The number of nitrogens with one attached hydrogen (secondary N) is 1. The van der Waals surface area contributed by atoms with Crippen LogP contribution >= 0.6 is 0 Å². The van der Waals surface area contributed by atoms with Gasteiger partial charge in [0.2, 0.25) is 0 Å². The van der Waals surface area contributed by atoms with Gasteiger partial charge >= 0.3 is 12.0 Å². The molecule has 3 N–H and O–H groups in total. The van der Waals surface area contributed by atoms with Crippen molar-refractivity contribution in [3.8, 4) is 0 Å². The molecule has 0 heterocycles. The lowest BCUT2D eigenvalue weighted by Gasteiger charge is -2.34. The predicted molar refractivity (Wildman–Crippen MR) is 80.1 cm³/mol. The lowest BCUT2D eigenvalue weighted by molar-refractivity contribution is -0.139. The molecular weight excluding hydrogens is 272 g/mol. The Morgan fingerprint density at radius 3 is 2.33 bits per heavy atom. The molecule has 122 valence electrons. The number of nitrogens with zero attached hydrogens (tertiary/aromatic N) is 1. The van der Waals surface area contributed by atoms with Crippen LogP contribution < -0.4 is 5.32 Å². The Kier molecular flexibility index (Phi) is 7.50. The van der Waals surface area contributed by atoms with Crippen LogP contribution in [0.4, 0.5) is 4.79 Å². The number of aliphatic hydroxyl groups is 1. The van der Waals surface area contributed by atoms with Gasteiger partial charge in [-0.05, 0) is 25.2 Å². The van der Waals surface area contributed by atoms with Crippen molar-refractivity contribution in [2.75, 3.05) is 13.2 Å². The maximum absolute atomic E-state index is 12.4. The van der Waals surface area contributed by atoms with Gasteiger partial charge in [-0.15, -0.1) is 0 Å². The Bertz CT molecular complexity index is 341. The van der Waals surface area contributed by atoms with E-state index in [4.69, 9.17) is 5.11 Å². The Labute approximate surface area is 126 Å². The summed E-state index contributed by atoms with van der Waals surface area (Å²) >= 11 is 0. The maximum atomic E-state index is 12.4. The molecule has 6 nitrogen and oxygen atoms in total. The molecular formula is C15H28N2O4. The number of urea groups is 1. The fourth-order valence-electron chi connectivity index (χ4n) is 2.88. The molecule has 0 bridgehead atoms. The highest BCUT2D eigenvalue weighted by molar-refractivity contribution is 5.82. The van der Waals surface area contributed by atoms with Gasteiger partial charge < -0.3 is 20.4 Å². The second-order valence-electron chi connectivity index (χ2n) is 6.18. The average Bonchev–Trinajstić information content (AvgIpc) is 2.44.